The summed E-state index contributed by atoms with van der Waals surface area (Å²) in [6.07, 6.45) is 2.06. The summed E-state index contributed by atoms with van der Waals surface area (Å²) in [5.74, 6) is 0.896. The van der Waals surface area contributed by atoms with E-state index in [1.807, 2.05) is 30.3 Å². The molecule has 4 rings (SSSR count). The molecule has 1 saturated carbocycles. The summed E-state index contributed by atoms with van der Waals surface area (Å²) in [5, 5.41) is 3.11. The third kappa shape index (κ3) is 4.06. The summed E-state index contributed by atoms with van der Waals surface area (Å²) in [6, 6.07) is 15.2. The highest BCUT2D eigenvalue weighted by molar-refractivity contribution is 5.95. The second-order valence-corrected chi connectivity index (χ2v) is 7.68. The Kier molecular flexibility index (Phi) is 5.43. The number of ether oxygens (including phenoxy) is 2. The molecular weight excluding hydrogens is 368 g/mol. The van der Waals surface area contributed by atoms with E-state index in [4.69, 9.17) is 9.47 Å². The Hall–Kier alpha value is -3.02. The first-order valence-corrected chi connectivity index (χ1v) is 9.97. The number of amides is 2. The number of hydrogen-bond donors (Lipinski definition) is 1. The monoisotopic (exact) mass is 394 g/mol. The highest BCUT2D eigenvalue weighted by atomic mass is 16.5. The van der Waals surface area contributed by atoms with Crippen molar-refractivity contribution >= 4 is 11.8 Å². The molecule has 29 heavy (non-hydrogen) atoms. The predicted molar refractivity (Wildman–Crippen MR) is 109 cm³/mol. The van der Waals surface area contributed by atoms with Crippen molar-refractivity contribution in [3.63, 3.8) is 0 Å². The van der Waals surface area contributed by atoms with E-state index in [-0.39, 0.29) is 29.7 Å². The van der Waals surface area contributed by atoms with Crippen molar-refractivity contribution in [1.82, 2.24) is 10.2 Å². The van der Waals surface area contributed by atoms with Crippen LogP contribution in [0.4, 0.5) is 0 Å². The van der Waals surface area contributed by atoms with E-state index in [1.54, 1.807) is 37.3 Å². The zero-order valence-electron chi connectivity index (χ0n) is 16.8. The Bertz CT molecular complexity index is 909. The average molecular weight is 394 g/mol. The van der Waals surface area contributed by atoms with Gasteiger partial charge in [0.05, 0.1) is 20.1 Å². The van der Waals surface area contributed by atoms with Crippen LogP contribution in [0.25, 0.3) is 0 Å². The molecule has 0 spiro atoms. The van der Waals surface area contributed by atoms with Gasteiger partial charge in [0.1, 0.15) is 11.5 Å². The largest absolute Gasteiger partial charge is 0.497 e. The average Bonchev–Trinajstić information content (AvgIpc) is 3.47. The standard InChI is InChI=1S/C23H26N2O4/c1-28-17-7-5-6-15(12-17)23(27)25-13-19(18-8-3-4-9-21(18)29-2)20(14-25)22(26)24-16-10-11-16/h3-9,12,16,19-20H,10-11,13-14H2,1-2H3,(H,24,26)/t19-,20+/m0/s1. The lowest BCUT2D eigenvalue weighted by Crippen LogP contribution is -2.36. The number of carbonyl (C=O) groups excluding carboxylic acids is 2. The summed E-state index contributed by atoms with van der Waals surface area (Å²) in [5.41, 5.74) is 1.53. The number of rotatable bonds is 6. The molecule has 2 aromatic rings. The van der Waals surface area contributed by atoms with Gasteiger partial charge in [0.2, 0.25) is 5.91 Å². The van der Waals surface area contributed by atoms with Crippen LogP contribution in [0.3, 0.4) is 0 Å². The number of nitrogens with one attached hydrogen (secondary N) is 1. The zero-order chi connectivity index (χ0) is 20.4. The van der Waals surface area contributed by atoms with Crippen molar-refractivity contribution in [2.24, 2.45) is 5.92 Å². The molecule has 2 amide bonds. The molecule has 2 aliphatic rings. The number of hydrogen-bond acceptors (Lipinski definition) is 4. The van der Waals surface area contributed by atoms with Crippen molar-refractivity contribution in [2.45, 2.75) is 24.8 Å². The lowest BCUT2D eigenvalue weighted by molar-refractivity contribution is -0.125. The van der Waals surface area contributed by atoms with Gasteiger partial charge in [-0.3, -0.25) is 9.59 Å². The molecule has 1 saturated heterocycles. The Morgan fingerprint density at radius 2 is 1.79 bits per heavy atom. The summed E-state index contributed by atoms with van der Waals surface area (Å²) >= 11 is 0. The highest BCUT2D eigenvalue weighted by Gasteiger charge is 2.42. The molecule has 152 valence electrons. The quantitative estimate of drug-likeness (QED) is 0.818. The molecule has 6 nitrogen and oxygen atoms in total. The minimum atomic E-state index is -0.304. The maximum atomic E-state index is 13.2. The molecule has 1 aliphatic carbocycles. The van der Waals surface area contributed by atoms with Gasteiger partial charge in [-0.2, -0.15) is 0 Å². The number of nitrogens with zero attached hydrogens (tertiary/aromatic N) is 1. The van der Waals surface area contributed by atoms with Gasteiger partial charge in [0.15, 0.2) is 0 Å². The molecule has 1 N–H and O–H groups in total. The van der Waals surface area contributed by atoms with Crippen LogP contribution in [0.2, 0.25) is 0 Å². The number of likely N-dealkylation sites (tertiary alicyclic amines) is 1. The highest BCUT2D eigenvalue weighted by Crippen LogP contribution is 2.38. The van der Waals surface area contributed by atoms with Gasteiger partial charge in [0.25, 0.3) is 5.91 Å². The van der Waals surface area contributed by atoms with Crippen LogP contribution in [0, 0.1) is 5.92 Å². The first-order chi connectivity index (χ1) is 14.1. The van der Waals surface area contributed by atoms with Crippen molar-refractivity contribution in [3.05, 3.63) is 59.7 Å². The summed E-state index contributed by atoms with van der Waals surface area (Å²) in [4.78, 5) is 27.9. The smallest absolute Gasteiger partial charge is 0.254 e. The van der Waals surface area contributed by atoms with Crippen LogP contribution in [0.1, 0.15) is 34.7 Å². The third-order valence-corrected chi connectivity index (χ3v) is 5.72. The SMILES string of the molecule is COc1cccc(C(=O)N2C[C@@H](C(=O)NC3CC3)[C@H](c3ccccc3OC)C2)c1. The molecule has 0 unspecified atom stereocenters. The Morgan fingerprint density at radius 3 is 2.52 bits per heavy atom. The minimum Gasteiger partial charge on any atom is -0.497 e. The van der Waals surface area contributed by atoms with Gasteiger partial charge in [-0.1, -0.05) is 24.3 Å². The Balaban J connectivity index is 1.61. The van der Waals surface area contributed by atoms with Crippen molar-refractivity contribution in [1.29, 1.82) is 0 Å². The Labute approximate surface area is 170 Å². The topological polar surface area (TPSA) is 67.9 Å². The third-order valence-electron chi connectivity index (χ3n) is 5.72. The van der Waals surface area contributed by atoms with Gasteiger partial charge in [-0.05, 0) is 42.7 Å². The van der Waals surface area contributed by atoms with E-state index in [0.29, 0.717) is 24.4 Å². The van der Waals surface area contributed by atoms with E-state index in [0.717, 1.165) is 24.2 Å². The first-order valence-electron chi connectivity index (χ1n) is 9.97. The maximum absolute atomic E-state index is 13.2. The van der Waals surface area contributed by atoms with Crippen molar-refractivity contribution < 1.29 is 19.1 Å². The molecule has 2 aromatic carbocycles. The fourth-order valence-electron chi connectivity index (χ4n) is 4.00. The number of methoxy groups -OCH3 is 2. The fraction of sp³-hybridized carbons (Fsp3) is 0.391. The Morgan fingerprint density at radius 1 is 1.00 bits per heavy atom. The van der Waals surface area contributed by atoms with Crippen LogP contribution in [0.5, 0.6) is 11.5 Å². The van der Waals surface area contributed by atoms with Gasteiger partial charge in [0, 0.05) is 30.6 Å². The fourth-order valence-corrected chi connectivity index (χ4v) is 4.00. The summed E-state index contributed by atoms with van der Waals surface area (Å²) in [7, 11) is 3.21. The lowest BCUT2D eigenvalue weighted by Gasteiger charge is -2.20. The van der Waals surface area contributed by atoms with Crippen LogP contribution in [0.15, 0.2) is 48.5 Å². The van der Waals surface area contributed by atoms with Gasteiger partial charge in [-0.25, -0.2) is 0 Å². The number of benzene rings is 2. The summed E-state index contributed by atoms with van der Waals surface area (Å²) < 4.78 is 10.8. The number of para-hydroxylation sites is 1. The van der Waals surface area contributed by atoms with Crippen LogP contribution < -0.4 is 14.8 Å². The van der Waals surface area contributed by atoms with E-state index < -0.39 is 0 Å². The second-order valence-electron chi connectivity index (χ2n) is 7.68. The van der Waals surface area contributed by atoms with E-state index in [9.17, 15) is 9.59 Å². The van der Waals surface area contributed by atoms with Gasteiger partial charge in [-0.15, -0.1) is 0 Å². The summed E-state index contributed by atoms with van der Waals surface area (Å²) in [6.45, 7) is 0.858. The first kappa shape index (κ1) is 19.3. The predicted octanol–water partition coefficient (Wildman–Crippen LogP) is 2.84. The molecule has 1 aliphatic heterocycles. The minimum absolute atomic E-state index is 0.0179. The molecule has 1 heterocycles. The molecule has 0 aromatic heterocycles. The van der Waals surface area contributed by atoms with Crippen molar-refractivity contribution in [3.8, 4) is 11.5 Å². The van der Waals surface area contributed by atoms with E-state index >= 15 is 0 Å². The molecule has 0 radical (unpaired) electrons. The normalized spacial score (nSPS) is 21.0. The van der Waals surface area contributed by atoms with Crippen LogP contribution in [-0.4, -0.2) is 50.1 Å². The van der Waals surface area contributed by atoms with E-state index in [1.165, 1.54) is 0 Å². The van der Waals surface area contributed by atoms with E-state index in [2.05, 4.69) is 5.32 Å². The molecular formula is C23H26N2O4. The van der Waals surface area contributed by atoms with Crippen molar-refractivity contribution in [2.75, 3.05) is 27.3 Å². The zero-order valence-corrected chi connectivity index (χ0v) is 16.8. The molecule has 2 fully saturated rings. The van der Waals surface area contributed by atoms with Gasteiger partial charge >= 0.3 is 0 Å². The molecule has 2 atom stereocenters. The molecule has 0 bridgehead atoms. The van der Waals surface area contributed by atoms with Gasteiger partial charge < -0.3 is 19.7 Å². The lowest BCUT2D eigenvalue weighted by atomic mass is 9.87. The van der Waals surface area contributed by atoms with Crippen LogP contribution in [-0.2, 0) is 4.79 Å². The van der Waals surface area contributed by atoms with Crippen LogP contribution >= 0.6 is 0 Å². The second kappa shape index (κ2) is 8.15. The maximum Gasteiger partial charge on any atom is 0.254 e. The number of carbonyl (C=O) groups is 2. The molecule has 6 heteroatoms.